The zero-order chi connectivity index (χ0) is 15.3. The highest BCUT2D eigenvalue weighted by Gasteiger charge is 2.16. The average Bonchev–Trinajstić information content (AvgIpc) is 2.34. The molecule has 0 saturated carbocycles. The van der Waals surface area contributed by atoms with E-state index in [9.17, 15) is 13.2 Å². The molecule has 0 spiro atoms. The highest BCUT2D eigenvalue weighted by molar-refractivity contribution is 7.88. The molecule has 0 aliphatic rings. The van der Waals surface area contributed by atoms with E-state index < -0.39 is 10.0 Å². The molecule has 1 aromatic rings. The zero-order valence-electron chi connectivity index (χ0n) is 12.3. The molecule has 20 heavy (non-hydrogen) atoms. The molecule has 6 heteroatoms. The number of nitrogens with one attached hydrogen (secondary N) is 2. The minimum atomic E-state index is -3.29. The van der Waals surface area contributed by atoms with Gasteiger partial charge in [-0.25, -0.2) is 13.1 Å². The Labute approximate surface area is 120 Å². The second kappa shape index (κ2) is 6.85. The Bertz CT molecular complexity index is 568. The Morgan fingerprint density at radius 3 is 2.45 bits per heavy atom. The first-order valence-electron chi connectivity index (χ1n) is 6.61. The molecule has 0 aromatic heterocycles. The van der Waals surface area contributed by atoms with Crippen molar-refractivity contribution in [3.05, 3.63) is 35.4 Å². The molecular weight excluding hydrogens is 276 g/mol. The van der Waals surface area contributed by atoms with Crippen molar-refractivity contribution in [1.29, 1.82) is 0 Å². The number of hydrogen-bond acceptors (Lipinski definition) is 3. The molecule has 0 bridgehead atoms. The molecule has 0 saturated heterocycles. The molecule has 2 N–H and O–H groups in total. The summed E-state index contributed by atoms with van der Waals surface area (Å²) in [6.45, 7) is 5.67. The maximum absolute atomic E-state index is 12.0. The van der Waals surface area contributed by atoms with E-state index in [-0.39, 0.29) is 18.0 Å². The molecule has 0 heterocycles. The van der Waals surface area contributed by atoms with Gasteiger partial charge >= 0.3 is 0 Å². The van der Waals surface area contributed by atoms with Gasteiger partial charge in [0.1, 0.15) is 0 Å². The lowest BCUT2D eigenvalue weighted by atomic mass is 10.0. The number of hydrogen-bond donors (Lipinski definition) is 2. The molecule has 1 unspecified atom stereocenters. The van der Waals surface area contributed by atoms with Gasteiger partial charge in [-0.1, -0.05) is 19.1 Å². The van der Waals surface area contributed by atoms with Crippen LogP contribution in [0.2, 0.25) is 0 Å². The van der Waals surface area contributed by atoms with Gasteiger partial charge in [0.05, 0.1) is 6.26 Å². The number of sulfonamides is 1. The SMILES string of the molecule is CCC(NS(C)(=O)=O)c1cccc(C(=O)NC(C)C)c1. The van der Waals surface area contributed by atoms with Crippen molar-refractivity contribution in [2.24, 2.45) is 0 Å². The Morgan fingerprint density at radius 1 is 1.30 bits per heavy atom. The zero-order valence-corrected chi connectivity index (χ0v) is 13.1. The van der Waals surface area contributed by atoms with Crippen LogP contribution in [0.25, 0.3) is 0 Å². The van der Waals surface area contributed by atoms with E-state index in [1.807, 2.05) is 26.8 Å². The maximum Gasteiger partial charge on any atom is 0.251 e. The summed E-state index contributed by atoms with van der Waals surface area (Å²) in [6, 6.07) is 6.76. The molecule has 0 fully saturated rings. The van der Waals surface area contributed by atoms with Crippen LogP contribution < -0.4 is 10.0 Å². The van der Waals surface area contributed by atoms with Crippen LogP contribution in [0.15, 0.2) is 24.3 Å². The van der Waals surface area contributed by atoms with Crippen LogP contribution in [0.1, 0.15) is 49.2 Å². The first-order chi connectivity index (χ1) is 9.23. The van der Waals surface area contributed by atoms with Gasteiger partial charge in [0.2, 0.25) is 10.0 Å². The first kappa shape index (κ1) is 16.7. The first-order valence-corrected chi connectivity index (χ1v) is 8.50. The fourth-order valence-electron chi connectivity index (χ4n) is 1.89. The van der Waals surface area contributed by atoms with Gasteiger partial charge in [-0.15, -0.1) is 0 Å². The van der Waals surface area contributed by atoms with Crippen LogP contribution >= 0.6 is 0 Å². The lowest BCUT2D eigenvalue weighted by Crippen LogP contribution is -2.30. The number of carbonyl (C=O) groups excluding carboxylic acids is 1. The van der Waals surface area contributed by atoms with E-state index in [1.165, 1.54) is 0 Å². The molecule has 1 atom stereocenters. The maximum atomic E-state index is 12.0. The summed E-state index contributed by atoms with van der Waals surface area (Å²) in [6.07, 6.45) is 1.74. The van der Waals surface area contributed by atoms with Crippen LogP contribution in [0, 0.1) is 0 Å². The fraction of sp³-hybridized carbons (Fsp3) is 0.500. The standard InChI is InChI=1S/C14H22N2O3S/c1-5-13(16-20(4,18)19)11-7-6-8-12(9-11)14(17)15-10(2)3/h6-10,13,16H,5H2,1-4H3,(H,15,17). The van der Waals surface area contributed by atoms with Crippen LogP contribution in [0.4, 0.5) is 0 Å². The highest BCUT2D eigenvalue weighted by atomic mass is 32.2. The minimum Gasteiger partial charge on any atom is -0.350 e. The molecule has 1 rings (SSSR count). The summed E-state index contributed by atoms with van der Waals surface area (Å²) in [5, 5.41) is 2.81. The Kier molecular flexibility index (Phi) is 5.71. The third-order valence-electron chi connectivity index (χ3n) is 2.74. The van der Waals surface area contributed by atoms with Gasteiger partial charge in [-0.05, 0) is 38.0 Å². The van der Waals surface area contributed by atoms with Crippen molar-refractivity contribution < 1.29 is 13.2 Å². The van der Waals surface area contributed by atoms with Gasteiger partial charge in [0.15, 0.2) is 0 Å². The smallest absolute Gasteiger partial charge is 0.251 e. The minimum absolute atomic E-state index is 0.0577. The van der Waals surface area contributed by atoms with Crippen LogP contribution in [0.5, 0.6) is 0 Å². The molecule has 0 aliphatic heterocycles. The Hall–Kier alpha value is -1.40. The van der Waals surface area contributed by atoms with Crippen molar-refractivity contribution in [3.8, 4) is 0 Å². The molecular formula is C14H22N2O3S. The van der Waals surface area contributed by atoms with E-state index in [0.29, 0.717) is 12.0 Å². The molecule has 1 amide bonds. The largest absolute Gasteiger partial charge is 0.350 e. The van der Waals surface area contributed by atoms with Crippen molar-refractivity contribution in [1.82, 2.24) is 10.0 Å². The lowest BCUT2D eigenvalue weighted by Gasteiger charge is -2.17. The predicted molar refractivity (Wildman–Crippen MR) is 80.1 cm³/mol. The number of rotatable bonds is 6. The fourth-order valence-corrected chi connectivity index (χ4v) is 2.71. The molecule has 5 nitrogen and oxygen atoms in total. The Morgan fingerprint density at radius 2 is 1.95 bits per heavy atom. The molecule has 0 aliphatic carbocycles. The van der Waals surface area contributed by atoms with Crippen LogP contribution in [-0.2, 0) is 10.0 Å². The second-order valence-corrected chi connectivity index (χ2v) is 6.88. The summed E-state index contributed by atoms with van der Waals surface area (Å²) in [4.78, 5) is 12.0. The number of benzene rings is 1. The van der Waals surface area contributed by atoms with Gasteiger partial charge in [-0.3, -0.25) is 4.79 Å². The van der Waals surface area contributed by atoms with Gasteiger partial charge in [-0.2, -0.15) is 0 Å². The molecule has 112 valence electrons. The van der Waals surface area contributed by atoms with Gasteiger partial charge in [0, 0.05) is 17.6 Å². The second-order valence-electron chi connectivity index (χ2n) is 5.10. The van der Waals surface area contributed by atoms with Crippen molar-refractivity contribution in [2.75, 3.05) is 6.26 Å². The quantitative estimate of drug-likeness (QED) is 0.841. The van der Waals surface area contributed by atoms with Gasteiger partial charge in [0.25, 0.3) is 5.91 Å². The summed E-state index contributed by atoms with van der Waals surface area (Å²) in [5.41, 5.74) is 1.32. The summed E-state index contributed by atoms with van der Waals surface area (Å²) >= 11 is 0. The predicted octanol–water partition coefficient (Wildman–Crippen LogP) is 1.83. The third-order valence-corrected chi connectivity index (χ3v) is 3.45. The number of amides is 1. The van der Waals surface area contributed by atoms with Gasteiger partial charge < -0.3 is 5.32 Å². The third kappa shape index (κ3) is 5.30. The summed E-state index contributed by atoms with van der Waals surface area (Å²) < 4.78 is 25.3. The van der Waals surface area contributed by atoms with E-state index >= 15 is 0 Å². The average molecular weight is 298 g/mol. The monoisotopic (exact) mass is 298 g/mol. The van der Waals surface area contributed by atoms with Crippen molar-refractivity contribution in [3.63, 3.8) is 0 Å². The molecule has 0 radical (unpaired) electrons. The summed E-state index contributed by atoms with van der Waals surface area (Å²) in [7, 11) is -3.29. The summed E-state index contributed by atoms with van der Waals surface area (Å²) in [5.74, 6) is -0.156. The Balaban J connectivity index is 2.99. The van der Waals surface area contributed by atoms with Crippen molar-refractivity contribution in [2.45, 2.75) is 39.3 Å². The van der Waals surface area contributed by atoms with Crippen LogP contribution in [0.3, 0.4) is 0 Å². The highest BCUT2D eigenvalue weighted by Crippen LogP contribution is 2.18. The number of carbonyl (C=O) groups is 1. The van der Waals surface area contributed by atoms with E-state index in [4.69, 9.17) is 0 Å². The molecule has 1 aromatic carbocycles. The van der Waals surface area contributed by atoms with E-state index in [2.05, 4.69) is 10.0 Å². The van der Waals surface area contributed by atoms with E-state index in [0.717, 1.165) is 11.8 Å². The van der Waals surface area contributed by atoms with E-state index in [1.54, 1.807) is 18.2 Å². The lowest BCUT2D eigenvalue weighted by molar-refractivity contribution is 0.0943. The van der Waals surface area contributed by atoms with Crippen LogP contribution in [-0.4, -0.2) is 26.6 Å². The van der Waals surface area contributed by atoms with Crippen molar-refractivity contribution >= 4 is 15.9 Å². The topological polar surface area (TPSA) is 75.3 Å². The normalized spacial score (nSPS) is 13.2.